The average molecular weight is 574 g/mol. The van der Waals surface area contributed by atoms with E-state index in [2.05, 4.69) is 10.6 Å². The maximum absolute atomic E-state index is 13.6. The van der Waals surface area contributed by atoms with Crippen LogP contribution in [0.3, 0.4) is 0 Å². The van der Waals surface area contributed by atoms with Crippen molar-refractivity contribution in [1.29, 1.82) is 0 Å². The van der Waals surface area contributed by atoms with Crippen molar-refractivity contribution in [3.05, 3.63) is 58.9 Å². The summed E-state index contributed by atoms with van der Waals surface area (Å²) in [5.74, 6) is -1.86. The first-order valence-corrected chi connectivity index (χ1v) is 12.3. The number of benzene rings is 2. The van der Waals surface area contributed by atoms with Crippen molar-refractivity contribution in [1.82, 2.24) is 10.2 Å². The van der Waals surface area contributed by atoms with Crippen LogP contribution in [0.5, 0.6) is 5.75 Å². The fourth-order valence-corrected chi connectivity index (χ4v) is 3.98. The molecule has 0 spiro atoms. The second kappa shape index (κ2) is 12.1. The van der Waals surface area contributed by atoms with E-state index in [1.807, 2.05) is 0 Å². The van der Waals surface area contributed by atoms with E-state index >= 15 is 0 Å². The highest BCUT2D eigenvalue weighted by molar-refractivity contribution is 6.30. The van der Waals surface area contributed by atoms with Gasteiger partial charge in [0, 0.05) is 24.3 Å². The molecule has 2 aromatic carbocycles. The van der Waals surface area contributed by atoms with Crippen molar-refractivity contribution in [2.45, 2.75) is 57.5 Å². The van der Waals surface area contributed by atoms with Crippen LogP contribution in [-0.4, -0.2) is 53.6 Å². The second-order valence-electron chi connectivity index (χ2n) is 9.92. The average Bonchev–Trinajstić information content (AvgIpc) is 2.83. The van der Waals surface area contributed by atoms with E-state index in [0.29, 0.717) is 0 Å². The number of rotatable bonds is 6. The minimum absolute atomic E-state index is 0.0785. The number of ether oxygens (including phenoxy) is 2. The molecule has 1 fully saturated rings. The number of nitrogens with zero attached hydrogens (tertiary/aromatic N) is 1. The topological polar surface area (TPSA) is 97.0 Å². The summed E-state index contributed by atoms with van der Waals surface area (Å²) in [7, 11) is 0. The lowest BCUT2D eigenvalue weighted by atomic mass is 9.97. The summed E-state index contributed by atoms with van der Waals surface area (Å²) >= 11 is 5.63. The molecule has 1 saturated heterocycles. The Morgan fingerprint density at radius 3 is 2.44 bits per heavy atom. The van der Waals surface area contributed by atoms with E-state index in [-0.39, 0.29) is 35.8 Å². The van der Waals surface area contributed by atoms with Crippen molar-refractivity contribution >= 4 is 35.2 Å². The zero-order valence-electron chi connectivity index (χ0n) is 21.4. The number of hydrogen-bond acceptors (Lipinski definition) is 5. The van der Waals surface area contributed by atoms with E-state index in [0.717, 1.165) is 29.2 Å². The molecule has 0 saturated carbocycles. The van der Waals surface area contributed by atoms with Crippen molar-refractivity contribution in [3.8, 4) is 5.75 Å². The van der Waals surface area contributed by atoms with Gasteiger partial charge in [-0.1, -0.05) is 17.7 Å². The van der Waals surface area contributed by atoms with E-state index in [9.17, 15) is 31.9 Å². The van der Waals surface area contributed by atoms with E-state index in [1.54, 1.807) is 20.8 Å². The van der Waals surface area contributed by atoms with Crippen LogP contribution in [0.4, 0.5) is 28.0 Å². The van der Waals surface area contributed by atoms with Gasteiger partial charge in [-0.15, -0.1) is 0 Å². The fraction of sp³-hybridized carbons (Fsp3) is 0.423. The number of amides is 3. The van der Waals surface area contributed by atoms with Crippen LogP contribution in [0, 0.1) is 5.82 Å². The van der Waals surface area contributed by atoms with Crippen LogP contribution in [0.25, 0.3) is 0 Å². The second-order valence-corrected chi connectivity index (χ2v) is 10.3. The van der Waals surface area contributed by atoms with Gasteiger partial charge in [0.25, 0.3) is 5.91 Å². The van der Waals surface area contributed by atoms with Gasteiger partial charge in [0.05, 0.1) is 10.6 Å². The Kier molecular flexibility index (Phi) is 9.31. The normalized spacial score (nSPS) is 17.8. The molecule has 0 radical (unpaired) electrons. The fourth-order valence-electron chi connectivity index (χ4n) is 3.87. The van der Waals surface area contributed by atoms with Crippen molar-refractivity contribution in [3.63, 3.8) is 0 Å². The molecule has 2 atom stereocenters. The number of anilines is 1. The predicted octanol–water partition coefficient (Wildman–Crippen LogP) is 5.40. The molecule has 1 aliphatic rings. The Morgan fingerprint density at radius 1 is 1.08 bits per heavy atom. The Morgan fingerprint density at radius 2 is 1.79 bits per heavy atom. The SMILES string of the molecule is CC(C)(C)OC(=O)N1C[C@H](NC(=O)COc2ccc(Cl)c(F)c2)CC[C@H]1C(=O)Nc1cccc(C(F)(F)F)c1. The van der Waals surface area contributed by atoms with E-state index in [1.165, 1.54) is 18.2 Å². The summed E-state index contributed by atoms with van der Waals surface area (Å²) < 4.78 is 63.5. The summed E-state index contributed by atoms with van der Waals surface area (Å²) in [5.41, 5.74) is -1.90. The number of carbonyl (C=O) groups is 3. The Balaban J connectivity index is 1.68. The van der Waals surface area contributed by atoms with Crippen LogP contribution in [-0.2, 0) is 20.5 Å². The zero-order chi connectivity index (χ0) is 29.0. The van der Waals surface area contributed by atoms with Crippen LogP contribution in [0.15, 0.2) is 42.5 Å². The predicted molar refractivity (Wildman–Crippen MR) is 135 cm³/mol. The molecule has 1 heterocycles. The minimum atomic E-state index is -4.59. The van der Waals surface area contributed by atoms with Crippen LogP contribution >= 0.6 is 11.6 Å². The molecule has 39 heavy (non-hydrogen) atoms. The maximum atomic E-state index is 13.6. The number of carbonyl (C=O) groups excluding carboxylic acids is 3. The molecule has 13 heteroatoms. The molecular formula is C26H28ClF4N3O5. The molecule has 2 N–H and O–H groups in total. The maximum Gasteiger partial charge on any atom is 0.416 e. The van der Waals surface area contributed by atoms with Gasteiger partial charge in [-0.05, 0) is 63.9 Å². The number of halogens is 5. The van der Waals surface area contributed by atoms with Gasteiger partial charge >= 0.3 is 12.3 Å². The van der Waals surface area contributed by atoms with Crippen LogP contribution < -0.4 is 15.4 Å². The number of hydrogen-bond donors (Lipinski definition) is 2. The van der Waals surface area contributed by atoms with Gasteiger partial charge in [-0.3, -0.25) is 14.5 Å². The first-order valence-electron chi connectivity index (χ1n) is 12.0. The standard InChI is InChI=1S/C26H28ClF4N3O5/c1-25(2,3)39-24(37)34-13-17(32-22(35)14-38-18-8-9-19(27)20(28)12-18)7-10-21(34)23(36)33-16-6-4-5-15(11-16)26(29,30)31/h4-6,8-9,11-12,17,21H,7,10,13-14H2,1-3H3,(H,32,35)(H,33,36)/t17-,21+/m1/s1. The first-order chi connectivity index (χ1) is 18.1. The van der Waals surface area contributed by atoms with Gasteiger partial charge < -0.3 is 20.1 Å². The summed E-state index contributed by atoms with van der Waals surface area (Å²) in [6.07, 6.45) is -5.04. The Labute approximate surface area is 227 Å². The van der Waals surface area contributed by atoms with Crippen molar-refractivity contribution < 1.29 is 41.4 Å². The van der Waals surface area contributed by atoms with Gasteiger partial charge in [-0.2, -0.15) is 13.2 Å². The number of likely N-dealkylation sites (tertiary alicyclic amines) is 1. The highest BCUT2D eigenvalue weighted by Crippen LogP contribution is 2.31. The zero-order valence-corrected chi connectivity index (χ0v) is 22.2. The number of alkyl halides is 3. The smallest absolute Gasteiger partial charge is 0.416 e. The quantitative estimate of drug-likeness (QED) is 0.451. The van der Waals surface area contributed by atoms with Gasteiger partial charge in [0.1, 0.15) is 23.2 Å². The van der Waals surface area contributed by atoms with Crippen LogP contribution in [0.2, 0.25) is 5.02 Å². The minimum Gasteiger partial charge on any atom is -0.484 e. The third-order valence-electron chi connectivity index (χ3n) is 5.60. The molecule has 0 aromatic heterocycles. The first kappa shape index (κ1) is 30.0. The van der Waals surface area contributed by atoms with Crippen LogP contribution in [0.1, 0.15) is 39.2 Å². The summed E-state index contributed by atoms with van der Waals surface area (Å²) in [5, 5.41) is 5.05. The van der Waals surface area contributed by atoms with Gasteiger partial charge in [0.2, 0.25) is 5.91 Å². The lowest BCUT2D eigenvalue weighted by Gasteiger charge is -2.39. The molecule has 0 unspecified atom stereocenters. The third-order valence-corrected chi connectivity index (χ3v) is 5.90. The molecule has 0 bridgehead atoms. The Bertz CT molecular complexity index is 1220. The molecule has 8 nitrogen and oxygen atoms in total. The molecular weight excluding hydrogens is 546 g/mol. The molecule has 3 rings (SSSR count). The van der Waals surface area contributed by atoms with E-state index in [4.69, 9.17) is 21.1 Å². The number of piperidine rings is 1. The summed E-state index contributed by atoms with van der Waals surface area (Å²) in [4.78, 5) is 39.6. The highest BCUT2D eigenvalue weighted by Gasteiger charge is 2.39. The molecule has 1 aliphatic heterocycles. The summed E-state index contributed by atoms with van der Waals surface area (Å²) in [6.45, 7) is 4.38. The van der Waals surface area contributed by atoms with Crippen molar-refractivity contribution in [2.75, 3.05) is 18.5 Å². The number of nitrogens with one attached hydrogen (secondary N) is 2. The summed E-state index contributed by atoms with van der Waals surface area (Å²) in [6, 6.07) is 6.24. The third kappa shape index (κ3) is 8.74. The highest BCUT2D eigenvalue weighted by atomic mass is 35.5. The lowest BCUT2D eigenvalue weighted by molar-refractivity contribution is -0.137. The molecule has 0 aliphatic carbocycles. The molecule has 2 aromatic rings. The van der Waals surface area contributed by atoms with Crippen molar-refractivity contribution in [2.24, 2.45) is 0 Å². The lowest BCUT2D eigenvalue weighted by Crippen LogP contribution is -2.58. The molecule has 3 amide bonds. The monoisotopic (exact) mass is 573 g/mol. The molecule has 212 valence electrons. The van der Waals surface area contributed by atoms with Gasteiger partial charge in [-0.25, -0.2) is 9.18 Å². The Hall–Kier alpha value is -3.54. The largest absolute Gasteiger partial charge is 0.484 e. The van der Waals surface area contributed by atoms with Gasteiger partial charge in [0.15, 0.2) is 6.61 Å². The van der Waals surface area contributed by atoms with E-state index < -0.39 is 59.8 Å².